The van der Waals surface area contributed by atoms with E-state index in [1.807, 2.05) is 20.2 Å². The van der Waals surface area contributed by atoms with E-state index in [9.17, 15) is 14.9 Å². The first-order chi connectivity index (χ1) is 11.0. The highest BCUT2D eigenvalue weighted by Crippen LogP contribution is 2.26. The highest BCUT2D eigenvalue weighted by molar-refractivity contribution is 6.13. The molecule has 0 aliphatic heterocycles. The van der Waals surface area contributed by atoms with E-state index >= 15 is 0 Å². The van der Waals surface area contributed by atoms with Gasteiger partial charge in [0.15, 0.2) is 5.78 Å². The van der Waals surface area contributed by atoms with Gasteiger partial charge in [-0.05, 0) is 49.1 Å². The van der Waals surface area contributed by atoms with Gasteiger partial charge >= 0.3 is 0 Å². The molecule has 0 spiro atoms. The molecule has 23 heavy (non-hydrogen) atoms. The first-order valence-corrected chi connectivity index (χ1v) is 7.37. The van der Waals surface area contributed by atoms with Crippen LogP contribution in [0.4, 0.5) is 5.69 Å². The van der Waals surface area contributed by atoms with E-state index in [-0.39, 0.29) is 11.5 Å². The number of nitrogens with zero attached hydrogens (tertiary/aromatic N) is 3. The van der Waals surface area contributed by atoms with Gasteiger partial charge in [-0.1, -0.05) is 0 Å². The fourth-order valence-electron chi connectivity index (χ4n) is 2.35. The van der Waals surface area contributed by atoms with Crippen LogP contribution in [-0.2, 0) is 4.79 Å². The summed E-state index contributed by atoms with van der Waals surface area (Å²) in [4.78, 5) is 22.7. The van der Waals surface area contributed by atoms with Gasteiger partial charge in [0.05, 0.1) is 4.92 Å². The van der Waals surface area contributed by atoms with Crippen LogP contribution < -0.4 is 0 Å². The van der Waals surface area contributed by atoms with Crippen molar-refractivity contribution in [1.29, 1.82) is 0 Å². The van der Waals surface area contributed by atoms with Crippen LogP contribution in [0.15, 0.2) is 46.6 Å². The molecule has 0 unspecified atom stereocenters. The van der Waals surface area contributed by atoms with Crippen LogP contribution in [0.2, 0.25) is 0 Å². The fourth-order valence-corrected chi connectivity index (χ4v) is 2.35. The second-order valence-corrected chi connectivity index (χ2v) is 5.50. The van der Waals surface area contributed by atoms with Crippen LogP contribution >= 0.6 is 0 Å². The summed E-state index contributed by atoms with van der Waals surface area (Å²) in [5.41, 5.74) is 2.31. The lowest BCUT2D eigenvalue weighted by Gasteiger charge is -2.16. The number of Topliss-reactive ketones (excluding diaryl/α,β-unsaturated/α-hetero) is 1. The third kappa shape index (κ3) is 4.60. The number of hydrogen-bond acceptors (Lipinski definition) is 5. The van der Waals surface area contributed by atoms with Crippen LogP contribution in [0.5, 0.6) is 0 Å². The first-order valence-electron chi connectivity index (χ1n) is 7.37. The maximum Gasteiger partial charge on any atom is 0.269 e. The third-order valence-electron chi connectivity index (χ3n) is 3.49. The van der Waals surface area contributed by atoms with Crippen molar-refractivity contribution < 1.29 is 9.72 Å². The number of benzene rings is 1. The molecule has 1 aromatic rings. The Bertz CT molecular complexity index is 686. The molecule has 0 bridgehead atoms. The number of non-ortho nitro benzene ring substituents is 1. The lowest BCUT2D eigenvalue weighted by atomic mass is 9.87. The first kappa shape index (κ1) is 16.6. The largest absolute Gasteiger partial charge is 0.303 e. The van der Waals surface area contributed by atoms with Crippen molar-refractivity contribution >= 4 is 23.8 Å². The van der Waals surface area contributed by atoms with E-state index < -0.39 is 4.92 Å². The van der Waals surface area contributed by atoms with Gasteiger partial charge in [0.1, 0.15) is 0 Å². The van der Waals surface area contributed by atoms with E-state index in [1.54, 1.807) is 29.4 Å². The van der Waals surface area contributed by atoms with Crippen molar-refractivity contribution in [2.75, 3.05) is 14.1 Å². The highest BCUT2D eigenvalue weighted by Gasteiger charge is 2.20. The lowest BCUT2D eigenvalue weighted by molar-refractivity contribution is -0.384. The molecule has 1 saturated carbocycles. The van der Waals surface area contributed by atoms with Crippen molar-refractivity contribution in [3.63, 3.8) is 0 Å². The molecular weight excluding hydrogens is 294 g/mol. The molecule has 1 fully saturated rings. The molecule has 0 radical (unpaired) electrons. The quantitative estimate of drug-likeness (QED) is 0.370. The van der Waals surface area contributed by atoms with Gasteiger partial charge in [-0.15, -0.1) is 0 Å². The van der Waals surface area contributed by atoms with E-state index in [0.29, 0.717) is 0 Å². The fraction of sp³-hybridized carbons (Fsp3) is 0.294. The summed E-state index contributed by atoms with van der Waals surface area (Å²) >= 11 is 0. The topological polar surface area (TPSA) is 75.8 Å². The minimum Gasteiger partial charge on any atom is -0.303 e. The minimum absolute atomic E-state index is 0.0276. The molecule has 0 atom stereocenters. The van der Waals surface area contributed by atoms with Gasteiger partial charge in [-0.25, -0.2) is 0 Å². The minimum atomic E-state index is -0.437. The molecule has 1 aromatic carbocycles. The van der Waals surface area contributed by atoms with E-state index in [2.05, 4.69) is 5.10 Å². The standard InChI is InChI=1S/C17H19N3O3/c1-19(2)18-11-10-14-4-3-5-15(17(14)21)12-13-6-8-16(9-7-13)20(22)23/h6-12H,3-5H2,1-2H3/b14-10+,15-12+,18-11+. The van der Waals surface area contributed by atoms with Crippen LogP contribution in [0.25, 0.3) is 6.08 Å². The molecule has 0 heterocycles. The van der Waals surface area contributed by atoms with Gasteiger partial charge < -0.3 is 5.01 Å². The predicted molar refractivity (Wildman–Crippen MR) is 90.2 cm³/mol. The zero-order valence-corrected chi connectivity index (χ0v) is 13.2. The van der Waals surface area contributed by atoms with Gasteiger partial charge in [-0.3, -0.25) is 14.9 Å². The number of nitro benzene ring substituents is 1. The van der Waals surface area contributed by atoms with Crippen molar-refractivity contribution in [3.8, 4) is 0 Å². The molecule has 1 aliphatic carbocycles. The Kier molecular flexibility index (Phi) is 5.41. The van der Waals surface area contributed by atoms with Crippen molar-refractivity contribution in [3.05, 3.63) is 57.2 Å². The van der Waals surface area contributed by atoms with Gasteiger partial charge in [0.2, 0.25) is 0 Å². The summed E-state index contributed by atoms with van der Waals surface area (Å²) in [5.74, 6) is 0.0276. The number of carbonyl (C=O) groups is 1. The van der Waals surface area contributed by atoms with Gasteiger partial charge in [0, 0.05) is 43.6 Å². The lowest BCUT2D eigenvalue weighted by Crippen LogP contribution is -2.12. The van der Waals surface area contributed by atoms with E-state index in [4.69, 9.17) is 0 Å². The van der Waals surface area contributed by atoms with Crippen LogP contribution in [0.3, 0.4) is 0 Å². The summed E-state index contributed by atoms with van der Waals surface area (Å²) in [6, 6.07) is 6.20. The summed E-state index contributed by atoms with van der Waals surface area (Å²) in [7, 11) is 3.63. The Morgan fingerprint density at radius 2 is 1.83 bits per heavy atom. The molecule has 0 aromatic heterocycles. The number of carbonyl (C=O) groups excluding carboxylic acids is 1. The second kappa shape index (κ2) is 7.49. The molecule has 6 heteroatoms. The number of rotatable bonds is 4. The molecule has 6 nitrogen and oxygen atoms in total. The predicted octanol–water partition coefficient (Wildman–Crippen LogP) is 3.21. The second-order valence-electron chi connectivity index (χ2n) is 5.50. The smallest absolute Gasteiger partial charge is 0.269 e. The monoisotopic (exact) mass is 313 g/mol. The normalized spacial score (nSPS) is 18.8. The Hall–Kier alpha value is -2.76. The van der Waals surface area contributed by atoms with Crippen LogP contribution in [0.1, 0.15) is 24.8 Å². The van der Waals surface area contributed by atoms with Gasteiger partial charge in [0.25, 0.3) is 5.69 Å². The average Bonchev–Trinajstić information content (AvgIpc) is 2.51. The Balaban J connectivity index is 2.18. The van der Waals surface area contributed by atoms with E-state index in [0.717, 1.165) is 36.0 Å². The maximum atomic E-state index is 12.5. The van der Waals surface area contributed by atoms with Crippen molar-refractivity contribution in [1.82, 2.24) is 5.01 Å². The van der Waals surface area contributed by atoms with Crippen LogP contribution in [0, 0.1) is 10.1 Å². The summed E-state index contributed by atoms with van der Waals surface area (Å²) in [6.45, 7) is 0. The third-order valence-corrected chi connectivity index (χ3v) is 3.49. The molecule has 1 aliphatic rings. The van der Waals surface area contributed by atoms with Crippen LogP contribution in [-0.4, -0.2) is 36.0 Å². The van der Waals surface area contributed by atoms with E-state index in [1.165, 1.54) is 12.1 Å². The average molecular weight is 313 g/mol. The zero-order chi connectivity index (χ0) is 16.8. The molecule has 0 amide bonds. The van der Waals surface area contributed by atoms with Crippen molar-refractivity contribution in [2.45, 2.75) is 19.3 Å². The highest BCUT2D eigenvalue weighted by atomic mass is 16.6. The number of hydrazone groups is 1. The summed E-state index contributed by atoms with van der Waals surface area (Å²) in [5, 5.41) is 16.4. The Morgan fingerprint density at radius 1 is 1.17 bits per heavy atom. The Morgan fingerprint density at radius 3 is 2.43 bits per heavy atom. The summed E-state index contributed by atoms with van der Waals surface area (Å²) in [6.07, 6.45) is 7.56. The summed E-state index contributed by atoms with van der Waals surface area (Å²) < 4.78 is 0. The Labute approximate surface area is 135 Å². The number of hydrogen-bond donors (Lipinski definition) is 0. The number of allylic oxidation sites excluding steroid dienone is 3. The van der Waals surface area contributed by atoms with Crippen molar-refractivity contribution in [2.24, 2.45) is 5.10 Å². The number of nitro groups is 1. The molecule has 0 saturated heterocycles. The zero-order valence-electron chi connectivity index (χ0n) is 13.2. The van der Waals surface area contributed by atoms with Gasteiger partial charge in [-0.2, -0.15) is 5.10 Å². The number of ketones is 1. The molecule has 0 N–H and O–H groups in total. The molecular formula is C17H19N3O3. The molecule has 2 rings (SSSR count). The molecule has 120 valence electrons. The maximum absolute atomic E-state index is 12.5. The SMILES string of the molecule is CN(C)/N=C/C=C1\CCC/C(=C\c2ccc([N+](=O)[O-])cc2)C1=O.